The molecule has 0 unspecified atom stereocenters. The SMILES string of the molecule is COc1ccc(-n2c(C)cc(/C=C3\SC(=O)N(Cc4cccc(Cl)c4)C3=O)c2C)cc1. The maximum Gasteiger partial charge on any atom is 0.293 e. The van der Waals surface area contributed by atoms with E-state index in [-0.39, 0.29) is 17.7 Å². The molecule has 3 aromatic rings. The van der Waals surface area contributed by atoms with Crippen molar-refractivity contribution in [1.29, 1.82) is 0 Å². The maximum atomic E-state index is 12.9. The Morgan fingerprint density at radius 1 is 1.06 bits per heavy atom. The number of halogens is 1. The summed E-state index contributed by atoms with van der Waals surface area (Å²) < 4.78 is 7.35. The molecule has 2 heterocycles. The number of imide groups is 1. The van der Waals surface area contributed by atoms with Gasteiger partial charge in [-0.05, 0) is 85.3 Å². The van der Waals surface area contributed by atoms with Crippen molar-refractivity contribution in [3.63, 3.8) is 0 Å². The number of hydrogen-bond donors (Lipinski definition) is 0. The Balaban J connectivity index is 1.61. The van der Waals surface area contributed by atoms with E-state index in [1.165, 1.54) is 4.90 Å². The van der Waals surface area contributed by atoms with Gasteiger partial charge in [-0.2, -0.15) is 0 Å². The first kappa shape index (κ1) is 21.3. The van der Waals surface area contributed by atoms with Crippen LogP contribution in [-0.4, -0.2) is 27.7 Å². The smallest absolute Gasteiger partial charge is 0.293 e. The van der Waals surface area contributed by atoms with E-state index in [2.05, 4.69) is 4.57 Å². The lowest BCUT2D eigenvalue weighted by atomic mass is 10.2. The molecule has 158 valence electrons. The molecular formula is C24H21ClN2O3S. The monoisotopic (exact) mass is 452 g/mol. The maximum absolute atomic E-state index is 12.9. The van der Waals surface area contributed by atoms with Crippen LogP contribution in [0.15, 0.2) is 59.5 Å². The van der Waals surface area contributed by atoms with Gasteiger partial charge in [0.2, 0.25) is 0 Å². The Labute approximate surface area is 190 Å². The summed E-state index contributed by atoms with van der Waals surface area (Å²) >= 11 is 6.99. The molecule has 1 fully saturated rings. The zero-order valence-electron chi connectivity index (χ0n) is 17.4. The molecule has 1 aromatic heterocycles. The number of aryl methyl sites for hydroxylation is 1. The van der Waals surface area contributed by atoms with Crippen molar-refractivity contribution in [2.75, 3.05) is 7.11 Å². The van der Waals surface area contributed by atoms with Crippen LogP contribution in [0.3, 0.4) is 0 Å². The van der Waals surface area contributed by atoms with Crippen LogP contribution < -0.4 is 4.74 Å². The molecule has 2 aromatic carbocycles. The summed E-state index contributed by atoms with van der Waals surface area (Å²) in [5, 5.41) is 0.297. The number of nitrogens with zero attached hydrogens (tertiary/aromatic N) is 2. The van der Waals surface area contributed by atoms with E-state index in [0.29, 0.717) is 9.93 Å². The number of hydrogen-bond acceptors (Lipinski definition) is 4. The van der Waals surface area contributed by atoms with E-state index >= 15 is 0 Å². The van der Waals surface area contributed by atoms with Crippen LogP contribution in [-0.2, 0) is 11.3 Å². The molecule has 1 aliphatic heterocycles. The molecule has 5 nitrogen and oxygen atoms in total. The summed E-state index contributed by atoms with van der Waals surface area (Å²) in [6, 6.07) is 17.0. The van der Waals surface area contributed by atoms with Crippen LogP contribution in [0.4, 0.5) is 4.79 Å². The third-order valence-corrected chi connectivity index (χ3v) is 6.33. The minimum atomic E-state index is -0.288. The van der Waals surface area contributed by atoms with Gasteiger partial charge in [-0.15, -0.1) is 0 Å². The van der Waals surface area contributed by atoms with E-state index < -0.39 is 0 Å². The highest BCUT2D eigenvalue weighted by Crippen LogP contribution is 2.35. The Morgan fingerprint density at radius 2 is 1.81 bits per heavy atom. The summed E-state index contributed by atoms with van der Waals surface area (Å²) in [4.78, 5) is 27.1. The van der Waals surface area contributed by atoms with Gasteiger partial charge in [0.05, 0.1) is 18.6 Å². The zero-order chi connectivity index (χ0) is 22.1. The minimum absolute atomic E-state index is 0.202. The van der Waals surface area contributed by atoms with Gasteiger partial charge >= 0.3 is 0 Å². The fourth-order valence-corrected chi connectivity index (χ4v) is 4.70. The van der Waals surface area contributed by atoms with Gasteiger partial charge in [0, 0.05) is 22.1 Å². The van der Waals surface area contributed by atoms with Crippen molar-refractivity contribution >= 4 is 40.6 Å². The molecule has 0 spiro atoms. The van der Waals surface area contributed by atoms with Crippen LogP contribution in [0.25, 0.3) is 11.8 Å². The number of benzene rings is 2. The molecule has 0 bridgehead atoms. The number of amides is 2. The standard InChI is InChI=1S/C24H21ClN2O3S/c1-15-11-18(16(2)27(15)20-7-9-21(30-3)10-8-20)13-22-23(28)26(24(29)31-22)14-17-5-4-6-19(25)12-17/h4-13H,14H2,1-3H3/b22-13-. The topological polar surface area (TPSA) is 51.5 Å². The van der Waals surface area contributed by atoms with Crippen molar-refractivity contribution in [2.45, 2.75) is 20.4 Å². The average Bonchev–Trinajstić information content (AvgIpc) is 3.17. The molecule has 4 rings (SSSR count). The van der Waals surface area contributed by atoms with Crippen LogP contribution in [0, 0.1) is 13.8 Å². The summed E-state index contributed by atoms with van der Waals surface area (Å²) in [5.74, 6) is 0.504. The third-order valence-electron chi connectivity index (χ3n) is 5.19. The molecule has 2 amide bonds. The summed E-state index contributed by atoms with van der Waals surface area (Å²) in [6.07, 6.45) is 1.80. The lowest BCUT2D eigenvalue weighted by Gasteiger charge is -2.12. The van der Waals surface area contributed by atoms with E-state index in [4.69, 9.17) is 16.3 Å². The second-order valence-electron chi connectivity index (χ2n) is 7.26. The van der Waals surface area contributed by atoms with E-state index in [1.807, 2.05) is 50.2 Å². The highest BCUT2D eigenvalue weighted by molar-refractivity contribution is 8.18. The van der Waals surface area contributed by atoms with Gasteiger partial charge in [0.25, 0.3) is 11.1 Å². The largest absolute Gasteiger partial charge is 0.497 e. The first-order valence-corrected chi connectivity index (χ1v) is 10.9. The molecule has 1 saturated heterocycles. The molecule has 31 heavy (non-hydrogen) atoms. The number of rotatable bonds is 5. The van der Waals surface area contributed by atoms with E-state index in [1.54, 1.807) is 31.4 Å². The number of methoxy groups -OCH3 is 1. The predicted octanol–water partition coefficient (Wildman–Crippen LogP) is 5.99. The minimum Gasteiger partial charge on any atom is -0.497 e. The van der Waals surface area contributed by atoms with Gasteiger partial charge < -0.3 is 9.30 Å². The highest BCUT2D eigenvalue weighted by Gasteiger charge is 2.35. The lowest BCUT2D eigenvalue weighted by Crippen LogP contribution is -2.27. The van der Waals surface area contributed by atoms with Crippen LogP contribution >= 0.6 is 23.4 Å². The van der Waals surface area contributed by atoms with Gasteiger partial charge in [0.1, 0.15) is 5.75 Å². The van der Waals surface area contributed by atoms with Crippen molar-refractivity contribution in [1.82, 2.24) is 9.47 Å². The quantitative estimate of drug-likeness (QED) is 0.446. The number of carbonyl (C=O) groups is 2. The van der Waals surface area contributed by atoms with Crippen molar-refractivity contribution in [3.8, 4) is 11.4 Å². The highest BCUT2D eigenvalue weighted by atomic mass is 35.5. The zero-order valence-corrected chi connectivity index (χ0v) is 19.0. The molecule has 7 heteroatoms. The van der Waals surface area contributed by atoms with Crippen LogP contribution in [0.5, 0.6) is 5.75 Å². The van der Waals surface area contributed by atoms with Crippen molar-refractivity contribution in [3.05, 3.63) is 87.0 Å². The number of thioether (sulfide) groups is 1. The molecule has 0 N–H and O–H groups in total. The molecule has 0 aliphatic carbocycles. The lowest BCUT2D eigenvalue weighted by molar-refractivity contribution is -0.123. The van der Waals surface area contributed by atoms with Gasteiger partial charge in [0.15, 0.2) is 0 Å². The number of ether oxygens (including phenoxy) is 1. The number of aromatic nitrogens is 1. The Morgan fingerprint density at radius 3 is 2.48 bits per heavy atom. The van der Waals surface area contributed by atoms with Crippen molar-refractivity contribution in [2.24, 2.45) is 0 Å². The fourth-order valence-electron chi connectivity index (χ4n) is 3.66. The predicted molar refractivity (Wildman–Crippen MR) is 125 cm³/mol. The second kappa shape index (κ2) is 8.65. The van der Waals surface area contributed by atoms with Crippen LogP contribution in [0.1, 0.15) is 22.5 Å². The average molecular weight is 453 g/mol. The van der Waals surface area contributed by atoms with Crippen molar-refractivity contribution < 1.29 is 14.3 Å². The summed E-state index contributed by atoms with van der Waals surface area (Å²) in [7, 11) is 1.64. The van der Waals surface area contributed by atoms with Crippen LogP contribution in [0.2, 0.25) is 5.02 Å². The van der Waals surface area contributed by atoms with Gasteiger partial charge in [-0.25, -0.2) is 0 Å². The van der Waals surface area contributed by atoms with Gasteiger partial charge in [-0.1, -0.05) is 23.7 Å². The molecular weight excluding hydrogens is 432 g/mol. The molecule has 1 aliphatic rings. The second-order valence-corrected chi connectivity index (χ2v) is 8.69. The Bertz CT molecular complexity index is 1200. The van der Waals surface area contributed by atoms with E-state index in [9.17, 15) is 9.59 Å². The summed E-state index contributed by atoms with van der Waals surface area (Å²) in [5.41, 5.74) is 4.75. The molecule has 0 radical (unpaired) electrons. The Kier molecular flexibility index (Phi) is 5.94. The molecule has 0 saturated carbocycles. The normalized spacial score (nSPS) is 15.2. The fraction of sp³-hybridized carbons (Fsp3) is 0.167. The first-order valence-electron chi connectivity index (χ1n) is 9.70. The van der Waals surface area contributed by atoms with E-state index in [0.717, 1.165) is 45.7 Å². The Hall–Kier alpha value is -2.96. The summed E-state index contributed by atoms with van der Waals surface area (Å²) in [6.45, 7) is 4.21. The first-order chi connectivity index (χ1) is 14.9. The number of carbonyl (C=O) groups excluding carboxylic acids is 2. The van der Waals surface area contributed by atoms with Gasteiger partial charge in [-0.3, -0.25) is 14.5 Å². The molecule has 0 atom stereocenters. The third kappa shape index (κ3) is 4.27.